The number of hydrogen-bond donors (Lipinski definition) is 2. The zero-order chi connectivity index (χ0) is 11.5. The highest BCUT2D eigenvalue weighted by atomic mass is 16.5. The van der Waals surface area contributed by atoms with Gasteiger partial charge >= 0.3 is 0 Å². The Morgan fingerprint density at radius 2 is 2.50 bits per heavy atom. The summed E-state index contributed by atoms with van der Waals surface area (Å²) in [5, 5.41) is 7.36. The van der Waals surface area contributed by atoms with Crippen LogP contribution in [-0.2, 0) is 4.74 Å². The minimum absolute atomic E-state index is 0.00292. The quantitative estimate of drug-likeness (QED) is 0.565. The predicted molar refractivity (Wildman–Crippen MR) is 62.9 cm³/mol. The molecular formula is C11H16N4O. The van der Waals surface area contributed by atoms with E-state index in [0.29, 0.717) is 5.69 Å². The fraction of sp³-hybridized carbons (Fsp3) is 0.455. The number of ether oxygens (including phenoxy) is 1. The van der Waals surface area contributed by atoms with Gasteiger partial charge in [-0.1, -0.05) is 0 Å². The lowest BCUT2D eigenvalue weighted by molar-refractivity contribution is 0.0532. The van der Waals surface area contributed by atoms with E-state index in [1.165, 1.54) is 0 Å². The molecule has 5 nitrogen and oxygen atoms in total. The predicted octanol–water partition coefficient (Wildman–Crippen LogP) is 0.591. The third-order valence-electron chi connectivity index (χ3n) is 2.63. The molecule has 5 heteroatoms. The van der Waals surface area contributed by atoms with Gasteiger partial charge in [-0.15, -0.1) is 0 Å². The van der Waals surface area contributed by atoms with Crippen LogP contribution in [0.1, 0.15) is 12.6 Å². The van der Waals surface area contributed by atoms with Crippen LogP contribution in [0.2, 0.25) is 0 Å². The van der Waals surface area contributed by atoms with Gasteiger partial charge in [0.15, 0.2) is 0 Å². The van der Waals surface area contributed by atoms with Gasteiger partial charge < -0.3 is 15.4 Å². The minimum Gasteiger partial charge on any atom is -0.382 e. The average molecular weight is 220 g/mol. The molecule has 1 atom stereocenters. The normalized spacial score (nSPS) is 20.8. The lowest BCUT2D eigenvalue weighted by Crippen LogP contribution is -2.41. The molecule has 16 heavy (non-hydrogen) atoms. The van der Waals surface area contributed by atoms with Crippen molar-refractivity contribution in [2.24, 2.45) is 5.73 Å². The van der Waals surface area contributed by atoms with Crippen molar-refractivity contribution in [3.63, 3.8) is 0 Å². The van der Waals surface area contributed by atoms with Gasteiger partial charge in [-0.25, -0.2) is 0 Å². The largest absolute Gasteiger partial charge is 0.382 e. The van der Waals surface area contributed by atoms with Gasteiger partial charge in [0.05, 0.1) is 12.7 Å². The molecule has 1 aliphatic heterocycles. The Labute approximate surface area is 94.7 Å². The summed E-state index contributed by atoms with van der Waals surface area (Å²) >= 11 is 0. The maximum Gasteiger partial charge on any atom is 0.141 e. The summed E-state index contributed by atoms with van der Waals surface area (Å²) in [5.41, 5.74) is 6.99. The van der Waals surface area contributed by atoms with Crippen molar-refractivity contribution in [2.75, 3.05) is 24.6 Å². The standard InChI is InChI=1S/C11H16N4O/c1-8-7-15(4-5-16-8)9-2-3-14-10(6-9)11(12)13/h2-3,6,8H,4-5,7H2,1H3,(H3,12,13). The first-order chi connectivity index (χ1) is 7.66. The highest BCUT2D eigenvalue weighted by Gasteiger charge is 2.17. The maximum atomic E-state index is 7.36. The van der Waals surface area contributed by atoms with Gasteiger partial charge in [-0.2, -0.15) is 0 Å². The molecule has 0 amide bonds. The van der Waals surface area contributed by atoms with E-state index in [0.717, 1.165) is 25.4 Å². The number of amidine groups is 1. The molecule has 1 aromatic rings. The third-order valence-corrected chi connectivity index (χ3v) is 2.63. The second-order valence-electron chi connectivity index (χ2n) is 3.94. The SMILES string of the molecule is CC1CN(c2ccnc(C(=N)N)c2)CCO1. The number of hydrogen-bond acceptors (Lipinski definition) is 4. The van der Waals surface area contributed by atoms with Crippen LogP contribution in [0, 0.1) is 5.41 Å². The molecule has 0 spiro atoms. The van der Waals surface area contributed by atoms with Gasteiger partial charge in [-0.3, -0.25) is 10.4 Å². The summed E-state index contributed by atoms with van der Waals surface area (Å²) < 4.78 is 5.48. The summed E-state index contributed by atoms with van der Waals surface area (Å²) in [6.07, 6.45) is 1.93. The Hall–Kier alpha value is -1.62. The van der Waals surface area contributed by atoms with E-state index in [4.69, 9.17) is 15.9 Å². The second-order valence-corrected chi connectivity index (χ2v) is 3.94. The van der Waals surface area contributed by atoms with Gasteiger partial charge in [0.2, 0.25) is 0 Å². The summed E-state index contributed by atoms with van der Waals surface area (Å²) in [5.74, 6) is 0.00292. The molecule has 0 aliphatic carbocycles. The number of rotatable bonds is 2. The van der Waals surface area contributed by atoms with Crippen LogP contribution in [0.15, 0.2) is 18.3 Å². The Morgan fingerprint density at radius 1 is 1.69 bits per heavy atom. The zero-order valence-electron chi connectivity index (χ0n) is 9.31. The fourth-order valence-corrected chi connectivity index (χ4v) is 1.82. The molecule has 86 valence electrons. The van der Waals surface area contributed by atoms with E-state index in [1.807, 2.05) is 12.1 Å². The summed E-state index contributed by atoms with van der Waals surface area (Å²) in [7, 11) is 0. The number of morpholine rings is 1. The second kappa shape index (κ2) is 4.49. The Bertz CT molecular complexity index is 393. The van der Waals surface area contributed by atoms with E-state index in [-0.39, 0.29) is 11.9 Å². The number of anilines is 1. The van der Waals surface area contributed by atoms with Crippen LogP contribution in [-0.4, -0.2) is 36.6 Å². The molecule has 2 rings (SSSR count). The molecule has 0 aromatic carbocycles. The maximum absolute atomic E-state index is 7.36. The van der Waals surface area contributed by atoms with Gasteiger partial charge in [-0.05, 0) is 19.1 Å². The molecule has 0 bridgehead atoms. The van der Waals surface area contributed by atoms with Crippen molar-refractivity contribution in [3.05, 3.63) is 24.0 Å². The van der Waals surface area contributed by atoms with Crippen LogP contribution in [0.25, 0.3) is 0 Å². The van der Waals surface area contributed by atoms with Crippen LogP contribution in [0.4, 0.5) is 5.69 Å². The lowest BCUT2D eigenvalue weighted by Gasteiger charge is -2.32. The molecule has 1 saturated heterocycles. The van der Waals surface area contributed by atoms with Gasteiger partial charge in [0, 0.05) is 25.0 Å². The van der Waals surface area contributed by atoms with Crippen molar-refractivity contribution in [1.82, 2.24) is 4.98 Å². The molecule has 1 aliphatic rings. The van der Waals surface area contributed by atoms with E-state index in [1.54, 1.807) is 6.20 Å². The molecule has 1 aromatic heterocycles. The average Bonchev–Trinajstić information content (AvgIpc) is 2.29. The first-order valence-corrected chi connectivity index (χ1v) is 5.34. The van der Waals surface area contributed by atoms with Crippen molar-refractivity contribution < 1.29 is 4.74 Å². The zero-order valence-corrected chi connectivity index (χ0v) is 9.31. The molecule has 1 unspecified atom stereocenters. The van der Waals surface area contributed by atoms with Crippen molar-refractivity contribution in [3.8, 4) is 0 Å². The fourth-order valence-electron chi connectivity index (χ4n) is 1.82. The molecule has 0 saturated carbocycles. The summed E-state index contributed by atoms with van der Waals surface area (Å²) in [6, 6.07) is 3.78. The molecular weight excluding hydrogens is 204 g/mol. The van der Waals surface area contributed by atoms with Gasteiger partial charge in [0.25, 0.3) is 0 Å². The van der Waals surface area contributed by atoms with E-state index in [9.17, 15) is 0 Å². The van der Waals surface area contributed by atoms with Crippen molar-refractivity contribution in [1.29, 1.82) is 5.41 Å². The number of pyridine rings is 1. The highest BCUT2D eigenvalue weighted by molar-refractivity contribution is 5.93. The number of nitrogens with one attached hydrogen (secondary N) is 1. The van der Waals surface area contributed by atoms with Gasteiger partial charge in [0.1, 0.15) is 11.5 Å². The lowest BCUT2D eigenvalue weighted by atomic mass is 10.2. The summed E-state index contributed by atoms with van der Waals surface area (Å²) in [4.78, 5) is 6.27. The van der Waals surface area contributed by atoms with E-state index in [2.05, 4.69) is 16.8 Å². The first-order valence-electron chi connectivity index (χ1n) is 5.34. The van der Waals surface area contributed by atoms with E-state index >= 15 is 0 Å². The Balaban J connectivity index is 2.19. The van der Waals surface area contributed by atoms with E-state index < -0.39 is 0 Å². The minimum atomic E-state index is 0.00292. The topological polar surface area (TPSA) is 75.2 Å². The number of nitrogens with zero attached hydrogens (tertiary/aromatic N) is 2. The molecule has 2 heterocycles. The van der Waals surface area contributed by atoms with Crippen LogP contribution >= 0.6 is 0 Å². The monoisotopic (exact) mass is 220 g/mol. The first kappa shape index (κ1) is 10.9. The summed E-state index contributed by atoms with van der Waals surface area (Å²) in [6.45, 7) is 4.52. The van der Waals surface area contributed by atoms with Crippen molar-refractivity contribution in [2.45, 2.75) is 13.0 Å². The van der Waals surface area contributed by atoms with Crippen molar-refractivity contribution >= 4 is 11.5 Å². The highest BCUT2D eigenvalue weighted by Crippen LogP contribution is 2.17. The van der Waals surface area contributed by atoms with Crippen LogP contribution in [0.3, 0.4) is 0 Å². The smallest absolute Gasteiger partial charge is 0.141 e. The number of aromatic nitrogens is 1. The van der Waals surface area contributed by atoms with Crippen LogP contribution in [0.5, 0.6) is 0 Å². The number of nitrogens with two attached hydrogens (primary N) is 1. The number of nitrogen functional groups attached to an aromatic ring is 1. The third kappa shape index (κ3) is 2.30. The molecule has 1 fully saturated rings. The molecule has 0 radical (unpaired) electrons. The molecule has 3 N–H and O–H groups in total. The van der Waals surface area contributed by atoms with Crippen LogP contribution < -0.4 is 10.6 Å². The Morgan fingerprint density at radius 3 is 3.19 bits per heavy atom. The Kier molecular flexibility index (Phi) is 3.05.